The van der Waals surface area contributed by atoms with Gasteiger partial charge in [-0.15, -0.1) is 0 Å². The summed E-state index contributed by atoms with van der Waals surface area (Å²) in [6.07, 6.45) is 2.00. The highest BCUT2D eigenvalue weighted by molar-refractivity contribution is 5.93. The minimum Gasteiger partial charge on any atom is -0.360 e. The Labute approximate surface area is 135 Å². The molecule has 0 aliphatic heterocycles. The highest BCUT2D eigenvalue weighted by Gasteiger charge is 2.08. The number of nitrogens with one attached hydrogen (secondary N) is 2. The van der Waals surface area contributed by atoms with Crippen LogP contribution >= 0.6 is 0 Å². The Morgan fingerprint density at radius 3 is 2.65 bits per heavy atom. The van der Waals surface area contributed by atoms with Crippen LogP contribution in [0.4, 0.5) is 5.82 Å². The lowest BCUT2D eigenvalue weighted by Gasteiger charge is -2.06. The molecular formula is C17H21N3O3. The molecule has 23 heavy (non-hydrogen) atoms. The number of benzene rings is 1. The van der Waals surface area contributed by atoms with Gasteiger partial charge in [-0.1, -0.05) is 29.4 Å². The molecule has 6 nitrogen and oxygen atoms in total. The van der Waals surface area contributed by atoms with Crippen molar-refractivity contribution in [3.63, 3.8) is 0 Å². The molecule has 0 saturated carbocycles. The number of aromatic nitrogens is 1. The average Bonchev–Trinajstić information content (AvgIpc) is 2.92. The van der Waals surface area contributed by atoms with Gasteiger partial charge in [-0.25, -0.2) is 0 Å². The molecule has 2 rings (SSSR count). The average molecular weight is 315 g/mol. The van der Waals surface area contributed by atoms with Gasteiger partial charge in [0.05, 0.1) is 6.54 Å². The molecule has 0 bridgehead atoms. The van der Waals surface area contributed by atoms with E-state index in [0.717, 1.165) is 12.8 Å². The van der Waals surface area contributed by atoms with Crippen LogP contribution in [0.2, 0.25) is 0 Å². The molecule has 122 valence electrons. The van der Waals surface area contributed by atoms with E-state index in [4.69, 9.17) is 4.52 Å². The van der Waals surface area contributed by atoms with E-state index in [9.17, 15) is 9.59 Å². The summed E-state index contributed by atoms with van der Waals surface area (Å²) in [6, 6.07) is 9.74. The summed E-state index contributed by atoms with van der Waals surface area (Å²) in [5.74, 6) is 0.498. The van der Waals surface area contributed by atoms with E-state index in [-0.39, 0.29) is 18.4 Å². The molecule has 0 fully saturated rings. The van der Waals surface area contributed by atoms with E-state index in [2.05, 4.69) is 34.8 Å². The number of anilines is 1. The van der Waals surface area contributed by atoms with Gasteiger partial charge in [0, 0.05) is 12.5 Å². The standard InChI is InChI=1S/C17H21N3O3/c1-12-6-3-4-7-14(12)8-5-9-16(21)18-11-17(22)19-15-10-13(2)23-20-15/h3-4,6-7,10H,5,8-9,11H2,1-2H3,(H,18,21)(H,19,20,22). The summed E-state index contributed by atoms with van der Waals surface area (Å²) in [7, 11) is 0. The van der Waals surface area contributed by atoms with Crippen molar-refractivity contribution in [3.8, 4) is 0 Å². The molecule has 2 N–H and O–H groups in total. The fourth-order valence-electron chi connectivity index (χ4n) is 2.21. The maximum Gasteiger partial charge on any atom is 0.245 e. The van der Waals surface area contributed by atoms with Crippen LogP contribution in [0.15, 0.2) is 34.9 Å². The van der Waals surface area contributed by atoms with Crippen LogP contribution in [0.5, 0.6) is 0 Å². The smallest absolute Gasteiger partial charge is 0.245 e. The second kappa shape index (κ2) is 8.12. The van der Waals surface area contributed by atoms with Gasteiger partial charge in [-0.05, 0) is 37.8 Å². The van der Waals surface area contributed by atoms with Gasteiger partial charge in [0.25, 0.3) is 0 Å². The molecule has 0 aliphatic carbocycles. The Morgan fingerprint density at radius 1 is 1.17 bits per heavy atom. The summed E-state index contributed by atoms with van der Waals surface area (Å²) in [5, 5.41) is 8.80. The summed E-state index contributed by atoms with van der Waals surface area (Å²) in [4.78, 5) is 23.4. The summed E-state index contributed by atoms with van der Waals surface area (Å²) >= 11 is 0. The first kappa shape index (κ1) is 16.7. The first-order valence-electron chi connectivity index (χ1n) is 7.59. The quantitative estimate of drug-likeness (QED) is 0.821. The molecule has 0 spiro atoms. The first-order valence-corrected chi connectivity index (χ1v) is 7.59. The molecule has 2 aromatic rings. The van der Waals surface area contributed by atoms with Crippen molar-refractivity contribution in [2.75, 3.05) is 11.9 Å². The topological polar surface area (TPSA) is 84.2 Å². The third kappa shape index (κ3) is 5.58. The van der Waals surface area contributed by atoms with Crippen molar-refractivity contribution >= 4 is 17.6 Å². The first-order chi connectivity index (χ1) is 11.0. The van der Waals surface area contributed by atoms with Crippen LogP contribution in [0.3, 0.4) is 0 Å². The Kier molecular flexibility index (Phi) is 5.91. The normalized spacial score (nSPS) is 10.3. The fourth-order valence-corrected chi connectivity index (χ4v) is 2.21. The van der Waals surface area contributed by atoms with Crippen molar-refractivity contribution in [2.24, 2.45) is 0 Å². The van der Waals surface area contributed by atoms with Crippen LogP contribution in [0, 0.1) is 13.8 Å². The summed E-state index contributed by atoms with van der Waals surface area (Å²) in [6.45, 7) is 3.72. The number of rotatable bonds is 7. The van der Waals surface area contributed by atoms with E-state index in [1.807, 2.05) is 12.1 Å². The molecule has 0 saturated heterocycles. The lowest BCUT2D eigenvalue weighted by Crippen LogP contribution is -2.32. The minimum absolute atomic E-state index is 0.0743. The van der Waals surface area contributed by atoms with Crippen LogP contribution in [-0.2, 0) is 16.0 Å². The zero-order chi connectivity index (χ0) is 16.7. The number of hydrogen-bond acceptors (Lipinski definition) is 4. The van der Waals surface area contributed by atoms with E-state index >= 15 is 0 Å². The summed E-state index contributed by atoms with van der Waals surface area (Å²) in [5.41, 5.74) is 2.48. The van der Waals surface area contributed by atoms with Gasteiger partial charge in [-0.3, -0.25) is 9.59 Å². The lowest BCUT2D eigenvalue weighted by atomic mass is 10.0. The SMILES string of the molecule is Cc1cc(NC(=O)CNC(=O)CCCc2ccccc2C)no1. The van der Waals surface area contributed by atoms with E-state index < -0.39 is 0 Å². The molecule has 0 unspecified atom stereocenters. The van der Waals surface area contributed by atoms with Crippen molar-refractivity contribution in [1.29, 1.82) is 0 Å². The molecular weight excluding hydrogens is 294 g/mol. The van der Waals surface area contributed by atoms with Crippen molar-refractivity contribution in [1.82, 2.24) is 10.5 Å². The Hall–Kier alpha value is -2.63. The molecule has 6 heteroatoms. The van der Waals surface area contributed by atoms with Crippen LogP contribution in [-0.4, -0.2) is 23.5 Å². The van der Waals surface area contributed by atoms with E-state index in [0.29, 0.717) is 18.0 Å². The van der Waals surface area contributed by atoms with Crippen LogP contribution in [0.1, 0.15) is 29.7 Å². The molecule has 0 radical (unpaired) electrons. The predicted molar refractivity (Wildman–Crippen MR) is 87.0 cm³/mol. The molecule has 1 aromatic carbocycles. The minimum atomic E-state index is -0.328. The van der Waals surface area contributed by atoms with E-state index in [1.54, 1.807) is 13.0 Å². The largest absolute Gasteiger partial charge is 0.360 e. The zero-order valence-corrected chi connectivity index (χ0v) is 13.4. The highest BCUT2D eigenvalue weighted by Crippen LogP contribution is 2.10. The maximum absolute atomic E-state index is 11.8. The van der Waals surface area contributed by atoms with Gasteiger partial charge >= 0.3 is 0 Å². The van der Waals surface area contributed by atoms with Crippen LogP contribution in [0.25, 0.3) is 0 Å². The Morgan fingerprint density at radius 2 is 1.96 bits per heavy atom. The molecule has 1 heterocycles. The van der Waals surface area contributed by atoms with Gasteiger partial charge in [0.1, 0.15) is 5.76 Å². The number of amides is 2. The molecule has 1 aromatic heterocycles. The monoisotopic (exact) mass is 315 g/mol. The third-order valence-electron chi connectivity index (χ3n) is 3.45. The van der Waals surface area contributed by atoms with Crippen LogP contribution < -0.4 is 10.6 Å². The molecule has 0 atom stereocenters. The number of carbonyl (C=O) groups excluding carboxylic acids is 2. The third-order valence-corrected chi connectivity index (χ3v) is 3.45. The van der Waals surface area contributed by atoms with Gasteiger partial charge in [-0.2, -0.15) is 0 Å². The lowest BCUT2D eigenvalue weighted by molar-refractivity contribution is -0.124. The molecule has 0 aliphatic rings. The Balaban J connectivity index is 1.65. The predicted octanol–water partition coefficient (Wildman–Crippen LogP) is 2.37. The highest BCUT2D eigenvalue weighted by atomic mass is 16.5. The number of nitrogens with zero attached hydrogens (tertiary/aromatic N) is 1. The summed E-state index contributed by atoms with van der Waals surface area (Å²) < 4.78 is 4.84. The van der Waals surface area contributed by atoms with Gasteiger partial charge < -0.3 is 15.2 Å². The number of carbonyl (C=O) groups is 2. The Bertz CT molecular complexity index is 679. The van der Waals surface area contributed by atoms with E-state index in [1.165, 1.54) is 11.1 Å². The fraction of sp³-hybridized carbons (Fsp3) is 0.353. The number of hydrogen-bond donors (Lipinski definition) is 2. The second-order valence-electron chi connectivity index (χ2n) is 5.43. The van der Waals surface area contributed by atoms with Crippen molar-refractivity contribution in [3.05, 3.63) is 47.2 Å². The number of aryl methyl sites for hydroxylation is 3. The maximum atomic E-state index is 11.8. The second-order valence-corrected chi connectivity index (χ2v) is 5.43. The van der Waals surface area contributed by atoms with Crippen molar-refractivity contribution in [2.45, 2.75) is 33.1 Å². The van der Waals surface area contributed by atoms with Crippen molar-refractivity contribution < 1.29 is 14.1 Å². The van der Waals surface area contributed by atoms with Gasteiger partial charge in [0.15, 0.2) is 5.82 Å². The van der Waals surface area contributed by atoms with Gasteiger partial charge in [0.2, 0.25) is 11.8 Å². The zero-order valence-electron chi connectivity index (χ0n) is 13.4. The molecule has 2 amide bonds.